The van der Waals surface area contributed by atoms with Crippen molar-refractivity contribution < 1.29 is 41.8 Å². The molecular weight excluding hydrogens is 564 g/mol. The van der Waals surface area contributed by atoms with Crippen LogP contribution < -0.4 is 14.9 Å². The van der Waals surface area contributed by atoms with Crippen LogP contribution in [0.15, 0.2) is 78.9 Å². The fourth-order valence-electron chi connectivity index (χ4n) is 4.51. The normalized spacial score (nSPS) is 15.0. The van der Waals surface area contributed by atoms with Crippen LogP contribution in [0.1, 0.15) is 23.1 Å². The molecular formula is C30H33BFNO8S. The average molecular weight is 597 g/mol. The summed E-state index contributed by atoms with van der Waals surface area (Å²) in [5.41, 5.74) is 4.26. The lowest BCUT2D eigenvalue weighted by atomic mass is 9.79. The van der Waals surface area contributed by atoms with Gasteiger partial charge in [-0.05, 0) is 72.4 Å². The van der Waals surface area contributed by atoms with E-state index >= 15 is 4.39 Å². The van der Waals surface area contributed by atoms with Gasteiger partial charge in [-0.3, -0.25) is 0 Å². The van der Waals surface area contributed by atoms with Crippen molar-refractivity contribution in [3.8, 4) is 22.6 Å². The Labute approximate surface area is 245 Å². The zero-order valence-corrected chi connectivity index (χ0v) is 24.7. The Kier molecular flexibility index (Phi) is 9.57. The SMILES string of the molecule is Cc1cc(OCCCS(C)(=O)=O)c(F)c(C)c1-c1cccc(COc2ccc(B3OC(O)=CN(C)/C=C(/O)O3)cc2)c1. The van der Waals surface area contributed by atoms with E-state index in [1.54, 1.807) is 44.3 Å². The zero-order chi connectivity index (χ0) is 30.4. The molecule has 0 aliphatic carbocycles. The molecule has 3 aromatic rings. The lowest BCUT2D eigenvalue weighted by Gasteiger charge is -2.20. The zero-order valence-electron chi connectivity index (χ0n) is 23.8. The second-order valence-electron chi connectivity index (χ2n) is 10.1. The Morgan fingerprint density at radius 1 is 0.976 bits per heavy atom. The van der Waals surface area contributed by atoms with Crippen molar-refractivity contribution in [3.05, 3.63) is 101 Å². The van der Waals surface area contributed by atoms with Crippen LogP contribution in [0.3, 0.4) is 0 Å². The molecule has 0 bridgehead atoms. The molecule has 222 valence electrons. The summed E-state index contributed by atoms with van der Waals surface area (Å²) in [5, 5.41) is 19.9. The summed E-state index contributed by atoms with van der Waals surface area (Å²) >= 11 is 0. The Hall–Kier alpha value is -4.32. The Balaban J connectivity index is 1.42. The summed E-state index contributed by atoms with van der Waals surface area (Å²) in [6, 6.07) is 16.1. The van der Waals surface area contributed by atoms with Gasteiger partial charge in [-0.1, -0.05) is 30.3 Å². The van der Waals surface area contributed by atoms with Crippen molar-refractivity contribution in [1.29, 1.82) is 0 Å². The van der Waals surface area contributed by atoms with E-state index in [0.717, 1.165) is 28.5 Å². The van der Waals surface area contributed by atoms with Crippen molar-refractivity contribution >= 4 is 22.4 Å². The number of halogens is 1. The molecule has 0 atom stereocenters. The number of nitrogens with zero attached hydrogens (tertiary/aromatic N) is 1. The minimum atomic E-state index is -3.10. The van der Waals surface area contributed by atoms with Crippen LogP contribution in [0.25, 0.3) is 11.1 Å². The van der Waals surface area contributed by atoms with Gasteiger partial charge in [0.1, 0.15) is 22.2 Å². The Morgan fingerprint density at radius 3 is 2.29 bits per heavy atom. The molecule has 4 rings (SSSR count). The molecule has 0 saturated carbocycles. The number of hydrogen-bond acceptors (Lipinski definition) is 9. The summed E-state index contributed by atoms with van der Waals surface area (Å²) in [4.78, 5) is 1.39. The van der Waals surface area contributed by atoms with Gasteiger partial charge in [0.15, 0.2) is 11.6 Å². The topological polar surface area (TPSA) is 115 Å². The first-order chi connectivity index (χ1) is 19.9. The van der Waals surface area contributed by atoms with Crippen molar-refractivity contribution in [2.75, 3.05) is 25.7 Å². The molecule has 0 saturated heterocycles. The number of rotatable bonds is 10. The van der Waals surface area contributed by atoms with E-state index in [0.29, 0.717) is 16.8 Å². The van der Waals surface area contributed by atoms with E-state index in [2.05, 4.69) is 0 Å². The number of aliphatic hydroxyl groups is 2. The molecule has 42 heavy (non-hydrogen) atoms. The van der Waals surface area contributed by atoms with Crippen LogP contribution in [0.2, 0.25) is 0 Å². The van der Waals surface area contributed by atoms with Crippen LogP contribution in [0.4, 0.5) is 4.39 Å². The largest absolute Gasteiger partial charge is 0.636 e. The second kappa shape index (κ2) is 13.1. The van der Waals surface area contributed by atoms with Gasteiger partial charge in [-0.15, -0.1) is 0 Å². The van der Waals surface area contributed by atoms with Crippen molar-refractivity contribution in [3.63, 3.8) is 0 Å². The van der Waals surface area contributed by atoms with Gasteiger partial charge in [0.2, 0.25) is 0 Å². The highest BCUT2D eigenvalue weighted by Crippen LogP contribution is 2.34. The van der Waals surface area contributed by atoms with Gasteiger partial charge in [0, 0.05) is 18.8 Å². The average Bonchev–Trinajstić information content (AvgIpc) is 2.91. The third-order valence-electron chi connectivity index (χ3n) is 6.44. The molecule has 1 aliphatic heterocycles. The summed E-state index contributed by atoms with van der Waals surface area (Å²) in [5.74, 6) is -0.564. The van der Waals surface area contributed by atoms with Crippen molar-refractivity contribution in [2.45, 2.75) is 26.9 Å². The molecule has 3 aromatic carbocycles. The first-order valence-electron chi connectivity index (χ1n) is 13.2. The van der Waals surface area contributed by atoms with Crippen LogP contribution in [0.5, 0.6) is 11.5 Å². The highest BCUT2D eigenvalue weighted by Gasteiger charge is 2.29. The molecule has 0 amide bonds. The predicted molar refractivity (Wildman–Crippen MR) is 159 cm³/mol. The Bertz CT molecular complexity index is 1570. The number of aliphatic hydroxyl groups excluding tert-OH is 2. The van der Waals surface area contributed by atoms with Gasteiger partial charge in [0.25, 0.3) is 11.9 Å². The third kappa shape index (κ3) is 8.13. The number of ether oxygens (including phenoxy) is 2. The van der Waals surface area contributed by atoms with Crippen LogP contribution in [0, 0.1) is 19.7 Å². The fraction of sp³-hybridized carbons (Fsp3) is 0.267. The second-order valence-corrected chi connectivity index (χ2v) is 12.3. The monoisotopic (exact) mass is 597 g/mol. The number of hydrogen-bond donors (Lipinski definition) is 2. The molecule has 9 nitrogen and oxygen atoms in total. The van der Waals surface area contributed by atoms with Crippen molar-refractivity contribution in [1.82, 2.24) is 4.90 Å². The van der Waals surface area contributed by atoms with E-state index in [9.17, 15) is 18.6 Å². The lowest BCUT2D eigenvalue weighted by Crippen LogP contribution is -2.37. The highest BCUT2D eigenvalue weighted by atomic mass is 32.2. The van der Waals surface area contributed by atoms with Gasteiger partial charge >= 0.3 is 7.12 Å². The standard InChI is InChI=1S/C30H33BFNO8S/c1-20-15-26(38-13-6-14-42(4,36)37)30(32)21(2)29(20)23-8-5-7-22(16-23)19-39-25-11-9-24(10-12-25)31-40-27(34)17-33(3)18-28(35)41-31/h5,7-12,15-18,34-35H,6,13-14,19H2,1-4H3/b27-17-,28-18?. The molecule has 1 heterocycles. The maximum Gasteiger partial charge on any atom is 0.636 e. The molecule has 1 aliphatic rings. The van der Waals surface area contributed by atoms with E-state index in [-0.39, 0.29) is 43.0 Å². The molecule has 0 spiro atoms. The minimum absolute atomic E-state index is 0.0185. The maximum absolute atomic E-state index is 15.2. The van der Waals surface area contributed by atoms with Crippen LogP contribution >= 0.6 is 0 Å². The van der Waals surface area contributed by atoms with Crippen molar-refractivity contribution in [2.24, 2.45) is 0 Å². The molecule has 0 aromatic heterocycles. The lowest BCUT2D eigenvalue weighted by molar-refractivity contribution is 0.124. The van der Waals surface area contributed by atoms with E-state index in [1.807, 2.05) is 31.2 Å². The van der Waals surface area contributed by atoms with Gasteiger partial charge in [-0.2, -0.15) is 0 Å². The van der Waals surface area contributed by atoms with Gasteiger partial charge < -0.3 is 33.9 Å². The summed E-state index contributed by atoms with van der Waals surface area (Å²) in [6.07, 6.45) is 4.03. The van der Waals surface area contributed by atoms with Crippen LogP contribution in [-0.2, 0) is 25.8 Å². The van der Waals surface area contributed by atoms with E-state index < -0.39 is 22.8 Å². The van der Waals surface area contributed by atoms with Gasteiger partial charge in [0.05, 0.1) is 24.8 Å². The van der Waals surface area contributed by atoms with Crippen LogP contribution in [-0.4, -0.2) is 56.3 Å². The molecule has 2 N–H and O–H groups in total. The van der Waals surface area contributed by atoms with E-state index in [4.69, 9.17) is 18.8 Å². The number of aryl methyl sites for hydroxylation is 1. The fourth-order valence-corrected chi connectivity index (χ4v) is 5.15. The molecule has 0 radical (unpaired) electrons. The maximum atomic E-state index is 15.2. The number of sulfone groups is 1. The Morgan fingerprint density at radius 2 is 1.64 bits per heavy atom. The number of benzene rings is 3. The summed E-state index contributed by atoms with van der Waals surface area (Å²) in [6.45, 7) is 3.93. The quantitative estimate of drug-likeness (QED) is 0.249. The summed E-state index contributed by atoms with van der Waals surface area (Å²) in [7, 11) is -2.57. The highest BCUT2D eigenvalue weighted by molar-refractivity contribution is 7.90. The third-order valence-corrected chi connectivity index (χ3v) is 7.47. The molecule has 0 unspecified atom stereocenters. The van der Waals surface area contributed by atoms with E-state index in [1.165, 1.54) is 17.3 Å². The molecule has 0 fully saturated rings. The molecule has 12 heteroatoms. The smallest absolute Gasteiger partial charge is 0.494 e. The van der Waals surface area contributed by atoms with Gasteiger partial charge in [-0.25, -0.2) is 12.8 Å². The predicted octanol–water partition coefficient (Wildman–Crippen LogP) is 4.89. The first-order valence-corrected chi connectivity index (χ1v) is 15.2. The first kappa shape index (κ1) is 30.6. The summed E-state index contributed by atoms with van der Waals surface area (Å²) < 4.78 is 60.1. The minimum Gasteiger partial charge on any atom is -0.494 e.